The highest BCUT2D eigenvalue weighted by molar-refractivity contribution is 5.97. The zero-order valence-electron chi connectivity index (χ0n) is 14.1. The van der Waals surface area contributed by atoms with Crippen LogP contribution in [0.5, 0.6) is 0 Å². The molecule has 0 spiro atoms. The summed E-state index contributed by atoms with van der Waals surface area (Å²) in [6, 6.07) is 0.500. The molecule has 0 unspecified atom stereocenters. The Morgan fingerprint density at radius 1 is 0.958 bits per heavy atom. The summed E-state index contributed by atoms with van der Waals surface area (Å²) >= 11 is 0. The summed E-state index contributed by atoms with van der Waals surface area (Å²) in [6.07, 6.45) is 14.6. The van der Waals surface area contributed by atoms with Crippen LogP contribution in [0.25, 0.3) is 5.65 Å². The quantitative estimate of drug-likeness (QED) is 0.849. The Kier molecular flexibility index (Phi) is 4.47. The van der Waals surface area contributed by atoms with Crippen LogP contribution in [0, 0.1) is 0 Å². The van der Waals surface area contributed by atoms with Crippen LogP contribution in [0.15, 0.2) is 24.8 Å². The molecule has 0 saturated carbocycles. The van der Waals surface area contributed by atoms with Crippen molar-refractivity contribution in [2.24, 2.45) is 0 Å². The van der Waals surface area contributed by atoms with Crippen LogP contribution in [-0.2, 0) is 0 Å². The van der Waals surface area contributed by atoms with E-state index >= 15 is 0 Å². The molecular formula is C18H25N5O. The number of rotatable bonds is 2. The lowest BCUT2D eigenvalue weighted by Crippen LogP contribution is -2.50. The molecule has 6 heteroatoms. The van der Waals surface area contributed by atoms with Crippen molar-refractivity contribution >= 4 is 11.6 Å². The van der Waals surface area contributed by atoms with Crippen LogP contribution in [0.3, 0.4) is 0 Å². The van der Waals surface area contributed by atoms with Gasteiger partial charge in [0, 0.05) is 43.9 Å². The Morgan fingerprint density at radius 3 is 2.50 bits per heavy atom. The maximum atomic E-state index is 13.0. The number of hydrogen-bond acceptors (Lipinski definition) is 4. The normalized spacial score (nSPS) is 23.3. The molecule has 24 heavy (non-hydrogen) atoms. The number of carbonyl (C=O) groups excluding carboxylic acids is 1. The predicted molar refractivity (Wildman–Crippen MR) is 92.0 cm³/mol. The number of amides is 1. The smallest absolute Gasteiger partial charge is 0.276 e. The van der Waals surface area contributed by atoms with E-state index in [1.54, 1.807) is 12.4 Å². The lowest BCUT2D eigenvalue weighted by Gasteiger charge is -2.39. The van der Waals surface area contributed by atoms with E-state index in [0.29, 0.717) is 17.4 Å². The van der Waals surface area contributed by atoms with Gasteiger partial charge in [0.2, 0.25) is 0 Å². The zero-order valence-corrected chi connectivity index (χ0v) is 14.1. The van der Waals surface area contributed by atoms with Gasteiger partial charge >= 0.3 is 0 Å². The van der Waals surface area contributed by atoms with E-state index in [0.717, 1.165) is 19.5 Å². The molecule has 1 amide bonds. The summed E-state index contributed by atoms with van der Waals surface area (Å²) in [7, 11) is 0. The molecule has 4 rings (SSSR count). The molecule has 0 N–H and O–H groups in total. The van der Waals surface area contributed by atoms with E-state index in [9.17, 15) is 4.79 Å². The predicted octanol–water partition coefficient (Wildman–Crippen LogP) is 2.21. The Bertz CT molecular complexity index is 704. The Labute approximate surface area is 142 Å². The summed E-state index contributed by atoms with van der Waals surface area (Å²) in [5, 5.41) is 0. The minimum Gasteiger partial charge on any atom is -0.336 e. The molecule has 2 fully saturated rings. The summed E-state index contributed by atoms with van der Waals surface area (Å²) < 4.78 is 1.86. The number of nitrogens with zero attached hydrogens (tertiary/aromatic N) is 5. The first-order valence-electron chi connectivity index (χ1n) is 9.14. The van der Waals surface area contributed by atoms with Crippen molar-refractivity contribution < 1.29 is 4.79 Å². The van der Waals surface area contributed by atoms with Gasteiger partial charge in [0.05, 0.1) is 0 Å². The maximum absolute atomic E-state index is 13.0. The molecule has 0 aliphatic carbocycles. The van der Waals surface area contributed by atoms with Crippen LogP contribution in [-0.4, -0.2) is 62.3 Å². The molecule has 2 aromatic heterocycles. The van der Waals surface area contributed by atoms with E-state index in [2.05, 4.69) is 14.9 Å². The summed E-state index contributed by atoms with van der Waals surface area (Å²) in [6.45, 7) is 4.01. The number of imidazole rings is 1. The Hall–Kier alpha value is -1.95. The molecule has 4 heterocycles. The third-order valence-corrected chi connectivity index (χ3v) is 5.35. The van der Waals surface area contributed by atoms with Gasteiger partial charge in [-0.1, -0.05) is 12.8 Å². The van der Waals surface area contributed by atoms with Gasteiger partial charge in [-0.2, -0.15) is 0 Å². The molecule has 2 saturated heterocycles. The van der Waals surface area contributed by atoms with Crippen molar-refractivity contribution in [1.82, 2.24) is 24.2 Å². The monoisotopic (exact) mass is 327 g/mol. The van der Waals surface area contributed by atoms with E-state index < -0.39 is 0 Å². The molecule has 6 nitrogen and oxygen atoms in total. The fourth-order valence-corrected chi connectivity index (χ4v) is 4.05. The second-order valence-corrected chi connectivity index (χ2v) is 6.93. The molecule has 1 atom stereocenters. The molecular weight excluding hydrogens is 302 g/mol. The van der Waals surface area contributed by atoms with E-state index in [-0.39, 0.29) is 5.91 Å². The molecule has 2 aliphatic rings. The molecule has 0 bridgehead atoms. The van der Waals surface area contributed by atoms with Crippen molar-refractivity contribution in [2.75, 3.05) is 26.2 Å². The topological polar surface area (TPSA) is 53.7 Å². The molecule has 128 valence electrons. The average molecular weight is 327 g/mol. The number of aromatic nitrogens is 3. The summed E-state index contributed by atoms with van der Waals surface area (Å²) in [4.78, 5) is 26.2. The highest BCUT2D eigenvalue weighted by Gasteiger charge is 2.30. The fraction of sp³-hybridized carbons (Fsp3) is 0.611. The number of likely N-dealkylation sites (tertiary alicyclic amines) is 2. The first-order valence-corrected chi connectivity index (χ1v) is 9.14. The average Bonchev–Trinajstić information content (AvgIpc) is 2.94. The lowest BCUT2D eigenvalue weighted by atomic mass is 10.0. The number of fused-ring (bicyclic) bond motifs is 1. The van der Waals surface area contributed by atoms with Crippen LogP contribution in [0.1, 0.15) is 49.0 Å². The van der Waals surface area contributed by atoms with Crippen molar-refractivity contribution in [3.63, 3.8) is 0 Å². The molecule has 0 radical (unpaired) electrons. The first kappa shape index (κ1) is 15.6. The Balaban J connectivity index is 1.51. The summed E-state index contributed by atoms with van der Waals surface area (Å²) in [5.74, 6) is 0.0197. The SMILES string of the molecule is O=C(c1nccn2ccnc12)N1CCC[C@@H](N2CCCCCC2)C1. The van der Waals surface area contributed by atoms with Crippen LogP contribution < -0.4 is 0 Å². The number of carbonyl (C=O) groups is 1. The van der Waals surface area contributed by atoms with Crippen molar-refractivity contribution in [1.29, 1.82) is 0 Å². The zero-order chi connectivity index (χ0) is 16.4. The molecule has 2 aromatic rings. The van der Waals surface area contributed by atoms with Crippen molar-refractivity contribution in [3.05, 3.63) is 30.5 Å². The standard InChI is InChI=1S/C18H25N5O/c24-18(16-17-20-8-13-22(17)12-7-19-16)23-11-5-6-15(14-23)21-9-3-1-2-4-10-21/h7-8,12-13,15H,1-6,9-11,14H2/t15-/m1/s1. The molecule has 0 aromatic carbocycles. The highest BCUT2D eigenvalue weighted by Crippen LogP contribution is 2.21. The van der Waals surface area contributed by atoms with Gasteiger partial charge in [-0.15, -0.1) is 0 Å². The third-order valence-electron chi connectivity index (χ3n) is 5.35. The number of hydrogen-bond donors (Lipinski definition) is 0. The van der Waals surface area contributed by atoms with Crippen molar-refractivity contribution in [3.8, 4) is 0 Å². The largest absolute Gasteiger partial charge is 0.336 e. The molecule has 2 aliphatic heterocycles. The fourth-order valence-electron chi connectivity index (χ4n) is 4.05. The van der Waals surface area contributed by atoms with E-state index in [1.807, 2.05) is 21.7 Å². The maximum Gasteiger partial charge on any atom is 0.276 e. The van der Waals surface area contributed by atoms with Crippen LogP contribution in [0.2, 0.25) is 0 Å². The van der Waals surface area contributed by atoms with Gasteiger partial charge in [-0.3, -0.25) is 9.69 Å². The van der Waals surface area contributed by atoms with Crippen LogP contribution >= 0.6 is 0 Å². The highest BCUT2D eigenvalue weighted by atomic mass is 16.2. The summed E-state index contributed by atoms with van der Waals surface area (Å²) in [5.41, 5.74) is 1.12. The second-order valence-electron chi connectivity index (χ2n) is 6.93. The van der Waals surface area contributed by atoms with Crippen molar-refractivity contribution in [2.45, 2.75) is 44.6 Å². The van der Waals surface area contributed by atoms with Gasteiger partial charge in [-0.05, 0) is 38.8 Å². The van der Waals surface area contributed by atoms with Gasteiger partial charge in [0.1, 0.15) is 0 Å². The minimum atomic E-state index is 0.0197. The van der Waals surface area contributed by atoms with Gasteiger partial charge < -0.3 is 9.30 Å². The second kappa shape index (κ2) is 6.89. The van der Waals surface area contributed by atoms with Gasteiger partial charge in [-0.25, -0.2) is 9.97 Å². The minimum absolute atomic E-state index is 0.0197. The van der Waals surface area contributed by atoms with Gasteiger partial charge in [0.25, 0.3) is 5.91 Å². The first-order chi connectivity index (χ1) is 11.8. The Morgan fingerprint density at radius 2 is 1.71 bits per heavy atom. The number of piperidine rings is 1. The third kappa shape index (κ3) is 3.02. The van der Waals surface area contributed by atoms with E-state index in [1.165, 1.54) is 45.2 Å². The van der Waals surface area contributed by atoms with Crippen LogP contribution in [0.4, 0.5) is 0 Å². The lowest BCUT2D eigenvalue weighted by molar-refractivity contribution is 0.0575. The van der Waals surface area contributed by atoms with E-state index in [4.69, 9.17) is 0 Å². The van der Waals surface area contributed by atoms with Gasteiger partial charge in [0.15, 0.2) is 11.3 Å².